The summed E-state index contributed by atoms with van der Waals surface area (Å²) in [6.07, 6.45) is 4.96. The molecule has 0 radical (unpaired) electrons. The summed E-state index contributed by atoms with van der Waals surface area (Å²) >= 11 is 0. The molecule has 156 valence electrons. The highest BCUT2D eigenvalue weighted by molar-refractivity contribution is 6.07. The number of methoxy groups -OCH3 is 3. The van der Waals surface area contributed by atoms with Gasteiger partial charge >= 0.3 is 6.01 Å². The number of nitrogens with zero attached hydrogens (tertiary/aromatic N) is 4. The van der Waals surface area contributed by atoms with Gasteiger partial charge in [0.25, 0.3) is 0 Å². The van der Waals surface area contributed by atoms with Crippen LogP contribution < -0.4 is 14.2 Å². The fourth-order valence-corrected chi connectivity index (χ4v) is 3.11. The molecule has 2 heterocycles. The van der Waals surface area contributed by atoms with Crippen LogP contribution in [0.5, 0.6) is 17.6 Å². The zero-order valence-electron chi connectivity index (χ0n) is 17.3. The molecule has 8 heteroatoms. The van der Waals surface area contributed by atoms with E-state index in [2.05, 4.69) is 15.0 Å². The summed E-state index contributed by atoms with van der Waals surface area (Å²) in [6, 6.07) is 14.9. The van der Waals surface area contributed by atoms with Crippen molar-refractivity contribution < 1.29 is 19.0 Å². The quantitative estimate of drug-likeness (QED) is 0.426. The summed E-state index contributed by atoms with van der Waals surface area (Å²) < 4.78 is 17.4. The van der Waals surface area contributed by atoms with Gasteiger partial charge in [-0.05, 0) is 42.0 Å². The number of rotatable bonds is 7. The van der Waals surface area contributed by atoms with Gasteiger partial charge in [0.05, 0.1) is 26.9 Å². The monoisotopic (exact) mass is 416 g/mol. The van der Waals surface area contributed by atoms with Crippen molar-refractivity contribution in [2.45, 2.75) is 0 Å². The molecule has 0 atom stereocenters. The van der Waals surface area contributed by atoms with Crippen molar-refractivity contribution in [2.75, 3.05) is 21.3 Å². The molecular formula is C23H20N4O4. The summed E-state index contributed by atoms with van der Waals surface area (Å²) in [4.78, 5) is 25.5. The van der Waals surface area contributed by atoms with E-state index < -0.39 is 0 Å². The van der Waals surface area contributed by atoms with Crippen molar-refractivity contribution in [1.82, 2.24) is 19.5 Å². The Balaban J connectivity index is 1.63. The molecule has 4 rings (SSSR count). The number of hydrogen-bond acceptors (Lipinski definition) is 7. The van der Waals surface area contributed by atoms with Crippen LogP contribution in [0, 0.1) is 0 Å². The molecular weight excluding hydrogens is 396 g/mol. The highest BCUT2D eigenvalue weighted by atomic mass is 16.5. The third-order valence-electron chi connectivity index (χ3n) is 4.73. The Morgan fingerprint density at radius 1 is 0.935 bits per heavy atom. The Bertz CT molecular complexity index is 1220. The van der Waals surface area contributed by atoms with Crippen molar-refractivity contribution in [3.8, 4) is 34.5 Å². The molecule has 8 nitrogen and oxygen atoms in total. The minimum Gasteiger partial charge on any atom is -0.497 e. The topological polar surface area (TPSA) is 88.4 Å². The molecule has 0 bridgehead atoms. The van der Waals surface area contributed by atoms with E-state index in [0.717, 1.165) is 16.8 Å². The second-order valence-corrected chi connectivity index (χ2v) is 6.55. The van der Waals surface area contributed by atoms with Crippen LogP contribution >= 0.6 is 0 Å². The van der Waals surface area contributed by atoms with Crippen LogP contribution in [0.2, 0.25) is 0 Å². The Kier molecular flexibility index (Phi) is 5.61. The van der Waals surface area contributed by atoms with Crippen LogP contribution in [0.3, 0.4) is 0 Å². The molecule has 0 saturated heterocycles. The van der Waals surface area contributed by atoms with E-state index in [1.807, 2.05) is 24.3 Å². The van der Waals surface area contributed by atoms with Crippen LogP contribution in [0.15, 0.2) is 67.3 Å². The molecule has 2 aromatic heterocycles. The Hall–Kier alpha value is -4.20. The van der Waals surface area contributed by atoms with Crippen molar-refractivity contribution in [2.24, 2.45) is 0 Å². The Morgan fingerprint density at radius 2 is 1.74 bits per heavy atom. The second kappa shape index (κ2) is 8.66. The number of imidazole rings is 1. The van der Waals surface area contributed by atoms with E-state index in [1.165, 1.54) is 7.11 Å². The standard InChI is InChI=1S/C23H20N4O4/c1-29-18-9-7-15(8-10-18)21(28)20-13-27(14-25-20)17-6-4-5-16(11-17)19-12-24-23(31-3)26-22(19)30-2/h4-14H,1-3H3. The second-order valence-electron chi connectivity index (χ2n) is 6.55. The molecule has 0 N–H and O–H groups in total. The van der Waals surface area contributed by atoms with Crippen molar-refractivity contribution in [3.05, 3.63) is 78.5 Å². The van der Waals surface area contributed by atoms with Crippen LogP contribution in [-0.4, -0.2) is 46.6 Å². The van der Waals surface area contributed by atoms with Gasteiger partial charge in [-0.25, -0.2) is 9.97 Å². The van der Waals surface area contributed by atoms with Gasteiger partial charge in [-0.1, -0.05) is 12.1 Å². The largest absolute Gasteiger partial charge is 0.497 e. The first-order chi connectivity index (χ1) is 15.1. The number of ketones is 1. The predicted molar refractivity (Wildman–Crippen MR) is 114 cm³/mol. The van der Waals surface area contributed by atoms with Gasteiger partial charge in [-0.3, -0.25) is 4.79 Å². The summed E-state index contributed by atoms with van der Waals surface area (Å²) in [5.41, 5.74) is 3.30. The van der Waals surface area contributed by atoms with Crippen LogP contribution in [-0.2, 0) is 0 Å². The maximum absolute atomic E-state index is 12.8. The van der Waals surface area contributed by atoms with E-state index in [1.54, 1.807) is 61.8 Å². The summed E-state index contributed by atoms with van der Waals surface area (Å²) in [5, 5.41) is 0. The zero-order valence-corrected chi connectivity index (χ0v) is 17.3. The fraction of sp³-hybridized carbons (Fsp3) is 0.130. The molecule has 0 fully saturated rings. The van der Waals surface area contributed by atoms with Crippen LogP contribution in [0.1, 0.15) is 16.1 Å². The summed E-state index contributed by atoms with van der Waals surface area (Å²) in [6.45, 7) is 0. The minimum atomic E-state index is -0.164. The van der Waals surface area contributed by atoms with Crippen LogP contribution in [0.4, 0.5) is 0 Å². The Morgan fingerprint density at radius 3 is 2.45 bits per heavy atom. The number of carbonyl (C=O) groups excluding carboxylic acids is 1. The summed E-state index contributed by atoms with van der Waals surface area (Å²) in [5.74, 6) is 0.935. The van der Waals surface area contributed by atoms with Gasteiger partial charge in [0, 0.05) is 23.6 Å². The van der Waals surface area contributed by atoms with Crippen molar-refractivity contribution in [1.29, 1.82) is 0 Å². The average molecular weight is 416 g/mol. The lowest BCUT2D eigenvalue weighted by molar-refractivity contribution is 0.103. The normalized spacial score (nSPS) is 10.5. The van der Waals surface area contributed by atoms with Crippen molar-refractivity contribution in [3.63, 3.8) is 0 Å². The van der Waals surface area contributed by atoms with Gasteiger partial charge in [0.1, 0.15) is 17.8 Å². The molecule has 31 heavy (non-hydrogen) atoms. The molecule has 0 aliphatic heterocycles. The molecule has 0 spiro atoms. The van der Waals surface area contributed by atoms with Gasteiger partial charge in [-0.15, -0.1) is 0 Å². The van der Waals surface area contributed by atoms with Crippen LogP contribution in [0.25, 0.3) is 16.8 Å². The molecule has 0 unspecified atom stereocenters. The first-order valence-corrected chi connectivity index (χ1v) is 9.41. The number of benzene rings is 2. The minimum absolute atomic E-state index is 0.164. The average Bonchev–Trinajstić information content (AvgIpc) is 3.33. The van der Waals surface area contributed by atoms with Gasteiger partial charge in [0.2, 0.25) is 11.7 Å². The maximum atomic E-state index is 12.8. The fourth-order valence-electron chi connectivity index (χ4n) is 3.11. The third-order valence-corrected chi connectivity index (χ3v) is 4.73. The zero-order chi connectivity index (χ0) is 21.8. The highest BCUT2D eigenvalue weighted by Gasteiger charge is 2.14. The lowest BCUT2D eigenvalue weighted by Gasteiger charge is -2.10. The number of ether oxygens (including phenoxy) is 3. The maximum Gasteiger partial charge on any atom is 0.319 e. The molecule has 0 aliphatic carbocycles. The number of aromatic nitrogens is 4. The third kappa shape index (κ3) is 4.09. The molecule has 4 aromatic rings. The molecule has 0 saturated carbocycles. The van der Waals surface area contributed by atoms with E-state index >= 15 is 0 Å². The smallest absolute Gasteiger partial charge is 0.319 e. The predicted octanol–water partition coefficient (Wildman–Crippen LogP) is 3.59. The number of hydrogen-bond donors (Lipinski definition) is 0. The molecule has 0 amide bonds. The van der Waals surface area contributed by atoms with Gasteiger partial charge in [0.15, 0.2) is 0 Å². The van der Waals surface area contributed by atoms with Gasteiger partial charge < -0.3 is 18.8 Å². The first-order valence-electron chi connectivity index (χ1n) is 9.41. The highest BCUT2D eigenvalue weighted by Crippen LogP contribution is 2.30. The van der Waals surface area contributed by atoms with E-state index in [-0.39, 0.29) is 11.8 Å². The molecule has 0 aliphatic rings. The molecule has 2 aromatic carbocycles. The van der Waals surface area contributed by atoms with E-state index in [4.69, 9.17) is 14.2 Å². The van der Waals surface area contributed by atoms with E-state index in [9.17, 15) is 4.79 Å². The lowest BCUT2D eigenvalue weighted by Crippen LogP contribution is -2.01. The van der Waals surface area contributed by atoms with Crippen molar-refractivity contribution >= 4 is 5.78 Å². The SMILES string of the molecule is COc1ccc(C(=O)c2cn(-c3cccc(-c4cnc(OC)nc4OC)c3)cn2)cc1. The first kappa shape index (κ1) is 20.1. The Labute approximate surface area is 179 Å². The number of carbonyl (C=O) groups is 1. The summed E-state index contributed by atoms with van der Waals surface area (Å²) in [7, 11) is 4.63. The van der Waals surface area contributed by atoms with E-state index in [0.29, 0.717) is 22.9 Å². The van der Waals surface area contributed by atoms with Gasteiger partial charge in [-0.2, -0.15) is 4.98 Å². The lowest BCUT2D eigenvalue weighted by atomic mass is 10.1.